The van der Waals surface area contributed by atoms with Crippen LogP contribution in [0.2, 0.25) is 0 Å². The minimum Gasteiger partial charge on any atom is -0.343 e. The van der Waals surface area contributed by atoms with Crippen molar-refractivity contribution in [1.29, 1.82) is 0 Å². The van der Waals surface area contributed by atoms with Crippen LogP contribution in [-0.2, 0) is 9.59 Å². The number of nitrogens with one attached hydrogen (secondary N) is 1. The van der Waals surface area contributed by atoms with Gasteiger partial charge < -0.3 is 15.1 Å². The van der Waals surface area contributed by atoms with E-state index in [0.717, 1.165) is 26.1 Å². The zero-order valence-corrected chi connectivity index (χ0v) is 14.5. The van der Waals surface area contributed by atoms with Crippen LogP contribution < -0.4 is 5.32 Å². The fraction of sp³-hybridized carbons (Fsp3) is 0.875. The highest BCUT2D eigenvalue weighted by atomic mass is 16.2. The summed E-state index contributed by atoms with van der Waals surface area (Å²) in [6.45, 7) is 16.4. The topological polar surface area (TPSA) is 52.7 Å². The van der Waals surface area contributed by atoms with Crippen molar-refractivity contribution in [3.8, 4) is 0 Å². The van der Waals surface area contributed by atoms with E-state index in [9.17, 15) is 9.59 Å². The van der Waals surface area contributed by atoms with Gasteiger partial charge in [0.25, 0.3) is 0 Å². The number of hydrogen-bond acceptors (Lipinski definition) is 3. The second kappa shape index (κ2) is 6.77. The molecule has 1 aliphatic rings. The molecule has 1 aliphatic heterocycles. The summed E-state index contributed by atoms with van der Waals surface area (Å²) in [6, 6.07) is 0. The monoisotopic (exact) mass is 297 g/mol. The molecule has 2 amide bonds. The van der Waals surface area contributed by atoms with Gasteiger partial charge in [-0.05, 0) is 32.2 Å². The van der Waals surface area contributed by atoms with Gasteiger partial charge in [-0.15, -0.1) is 0 Å². The Morgan fingerprint density at radius 2 is 1.52 bits per heavy atom. The van der Waals surface area contributed by atoms with Crippen LogP contribution >= 0.6 is 0 Å². The zero-order chi connectivity index (χ0) is 16.3. The molecule has 0 saturated carbocycles. The standard InChI is InChI=1S/C16H31N3O2/c1-7-18-8-10-19(11-9-18)14(21)13(20)17-16(5,6)12-15(2,3)4/h7-12H2,1-6H3,(H,17,20). The fourth-order valence-corrected chi connectivity index (χ4v) is 3.14. The van der Waals surface area contributed by atoms with E-state index in [-0.39, 0.29) is 11.0 Å². The molecule has 0 aromatic carbocycles. The summed E-state index contributed by atoms with van der Waals surface area (Å²) < 4.78 is 0. The Hall–Kier alpha value is -1.10. The van der Waals surface area contributed by atoms with Crippen molar-refractivity contribution in [3.05, 3.63) is 0 Å². The van der Waals surface area contributed by atoms with Gasteiger partial charge in [0.1, 0.15) is 0 Å². The van der Waals surface area contributed by atoms with Crippen molar-refractivity contribution in [2.24, 2.45) is 5.41 Å². The molecule has 5 heteroatoms. The molecule has 0 unspecified atom stereocenters. The first-order chi connectivity index (χ1) is 9.54. The van der Waals surface area contributed by atoms with Crippen LogP contribution in [0.5, 0.6) is 0 Å². The Bertz CT molecular complexity index is 377. The van der Waals surface area contributed by atoms with Gasteiger partial charge >= 0.3 is 11.8 Å². The molecule has 0 aliphatic carbocycles. The molecule has 1 saturated heterocycles. The molecule has 122 valence electrons. The van der Waals surface area contributed by atoms with Gasteiger partial charge in [-0.25, -0.2) is 0 Å². The van der Waals surface area contributed by atoms with Crippen LogP contribution in [0.3, 0.4) is 0 Å². The summed E-state index contributed by atoms with van der Waals surface area (Å²) in [5.74, 6) is -0.873. The van der Waals surface area contributed by atoms with Crippen LogP contribution in [0.15, 0.2) is 0 Å². The average Bonchev–Trinajstić information content (AvgIpc) is 2.34. The van der Waals surface area contributed by atoms with Crippen molar-refractivity contribution in [2.75, 3.05) is 32.7 Å². The van der Waals surface area contributed by atoms with Crippen molar-refractivity contribution < 1.29 is 9.59 Å². The number of nitrogens with zero attached hydrogens (tertiary/aromatic N) is 2. The molecular formula is C16H31N3O2. The Morgan fingerprint density at radius 3 is 1.95 bits per heavy atom. The number of piperazine rings is 1. The maximum atomic E-state index is 12.2. The van der Waals surface area contributed by atoms with Crippen molar-refractivity contribution in [2.45, 2.75) is 53.5 Å². The highest BCUT2D eigenvalue weighted by Crippen LogP contribution is 2.26. The van der Waals surface area contributed by atoms with Crippen LogP contribution in [0.25, 0.3) is 0 Å². The van der Waals surface area contributed by atoms with E-state index in [4.69, 9.17) is 0 Å². The third kappa shape index (κ3) is 6.04. The summed E-state index contributed by atoms with van der Waals surface area (Å²) in [6.07, 6.45) is 0.822. The van der Waals surface area contributed by atoms with Crippen molar-refractivity contribution >= 4 is 11.8 Å². The normalized spacial score (nSPS) is 17.7. The molecule has 1 N–H and O–H groups in total. The van der Waals surface area contributed by atoms with E-state index >= 15 is 0 Å². The minimum atomic E-state index is -0.478. The van der Waals surface area contributed by atoms with Gasteiger partial charge in [-0.3, -0.25) is 9.59 Å². The van der Waals surface area contributed by atoms with Gasteiger partial charge in [0.05, 0.1) is 0 Å². The molecule has 0 aromatic heterocycles. The third-order valence-corrected chi connectivity index (χ3v) is 3.73. The lowest BCUT2D eigenvalue weighted by Gasteiger charge is -2.36. The molecule has 21 heavy (non-hydrogen) atoms. The van der Waals surface area contributed by atoms with Crippen molar-refractivity contribution in [1.82, 2.24) is 15.1 Å². The van der Waals surface area contributed by atoms with Gasteiger partial charge in [0, 0.05) is 31.7 Å². The second-order valence-electron chi connectivity index (χ2n) is 7.80. The fourth-order valence-electron chi connectivity index (χ4n) is 3.14. The van der Waals surface area contributed by atoms with E-state index in [1.165, 1.54) is 0 Å². The molecule has 0 radical (unpaired) electrons. The summed E-state index contributed by atoms with van der Waals surface area (Å²) in [5.41, 5.74) is -0.275. The Labute approximate surface area is 129 Å². The highest BCUT2D eigenvalue weighted by molar-refractivity contribution is 6.35. The highest BCUT2D eigenvalue weighted by Gasteiger charge is 2.32. The molecule has 1 rings (SSSR count). The van der Waals surface area contributed by atoms with E-state index in [2.05, 4.69) is 37.9 Å². The van der Waals surface area contributed by atoms with Crippen LogP contribution in [0, 0.1) is 5.41 Å². The maximum absolute atomic E-state index is 12.2. The first-order valence-corrected chi connectivity index (χ1v) is 7.88. The molecule has 0 aromatic rings. The third-order valence-electron chi connectivity index (χ3n) is 3.73. The maximum Gasteiger partial charge on any atom is 0.311 e. The van der Waals surface area contributed by atoms with Gasteiger partial charge in [0.2, 0.25) is 0 Å². The summed E-state index contributed by atoms with van der Waals surface area (Å²) in [5, 5.41) is 2.89. The molecule has 0 spiro atoms. The SMILES string of the molecule is CCN1CCN(C(=O)C(=O)NC(C)(C)CC(C)(C)C)CC1. The molecule has 0 atom stereocenters. The van der Waals surface area contributed by atoms with E-state index in [0.29, 0.717) is 13.1 Å². The largest absolute Gasteiger partial charge is 0.343 e. The number of carbonyl (C=O) groups excluding carboxylic acids is 2. The second-order valence-corrected chi connectivity index (χ2v) is 7.80. The molecule has 1 fully saturated rings. The van der Waals surface area contributed by atoms with Gasteiger partial charge in [-0.2, -0.15) is 0 Å². The Balaban J connectivity index is 2.53. The lowest BCUT2D eigenvalue weighted by atomic mass is 9.82. The summed E-state index contributed by atoms with van der Waals surface area (Å²) in [7, 11) is 0. The lowest BCUT2D eigenvalue weighted by Crippen LogP contribution is -2.56. The number of hydrogen-bond donors (Lipinski definition) is 1. The smallest absolute Gasteiger partial charge is 0.311 e. The number of carbonyl (C=O) groups is 2. The average molecular weight is 297 g/mol. The first-order valence-electron chi connectivity index (χ1n) is 7.88. The number of amides is 2. The quantitative estimate of drug-likeness (QED) is 0.803. The predicted molar refractivity (Wildman–Crippen MR) is 85.0 cm³/mol. The Kier molecular flexibility index (Phi) is 5.79. The van der Waals surface area contributed by atoms with E-state index in [1.54, 1.807) is 4.90 Å². The lowest BCUT2D eigenvalue weighted by molar-refractivity contribution is -0.148. The summed E-state index contributed by atoms with van der Waals surface area (Å²) >= 11 is 0. The minimum absolute atomic E-state index is 0.104. The number of likely N-dealkylation sites (N-methyl/N-ethyl adjacent to an activating group) is 1. The summed E-state index contributed by atoms with van der Waals surface area (Å²) in [4.78, 5) is 28.4. The predicted octanol–water partition coefficient (Wildman–Crippen LogP) is 1.48. The van der Waals surface area contributed by atoms with E-state index in [1.807, 2.05) is 13.8 Å². The zero-order valence-electron chi connectivity index (χ0n) is 14.5. The van der Waals surface area contributed by atoms with Crippen LogP contribution in [0.1, 0.15) is 48.0 Å². The first kappa shape index (κ1) is 18.0. The number of rotatable bonds is 3. The van der Waals surface area contributed by atoms with E-state index < -0.39 is 11.8 Å². The molecule has 5 nitrogen and oxygen atoms in total. The van der Waals surface area contributed by atoms with Gasteiger partial charge in [-0.1, -0.05) is 27.7 Å². The van der Waals surface area contributed by atoms with Gasteiger partial charge in [0.15, 0.2) is 0 Å². The molecule has 1 heterocycles. The van der Waals surface area contributed by atoms with Crippen molar-refractivity contribution in [3.63, 3.8) is 0 Å². The van der Waals surface area contributed by atoms with Crippen LogP contribution in [-0.4, -0.2) is 59.9 Å². The Morgan fingerprint density at radius 1 is 1.00 bits per heavy atom. The molecule has 0 bridgehead atoms. The molecular weight excluding hydrogens is 266 g/mol. The van der Waals surface area contributed by atoms with Crippen LogP contribution in [0.4, 0.5) is 0 Å².